The molecule has 9 heteroatoms. The van der Waals surface area contributed by atoms with Crippen LogP contribution in [0.15, 0.2) is 29.8 Å². The number of hydrogen-bond acceptors (Lipinski definition) is 6. The molecule has 2 aliphatic heterocycles. The summed E-state index contributed by atoms with van der Waals surface area (Å²) < 4.78 is 0. The van der Waals surface area contributed by atoms with Crippen LogP contribution in [0.5, 0.6) is 0 Å². The second-order valence-corrected chi connectivity index (χ2v) is 8.41. The van der Waals surface area contributed by atoms with Gasteiger partial charge in [-0.15, -0.1) is 11.3 Å². The first-order chi connectivity index (χ1) is 14.6. The third-order valence-electron chi connectivity index (χ3n) is 5.83. The number of rotatable bonds is 6. The van der Waals surface area contributed by atoms with Crippen LogP contribution >= 0.6 is 11.3 Å². The maximum atomic E-state index is 12.8. The molecule has 0 spiro atoms. The van der Waals surface area contributed by atoms with E-state index in [1.165, 1.54) is 11.3 Å². The summed E-state index contributed by atoms with van der Waals surface area (Å²) in [4.78, 5) is 46.1. The molecule has 8 nitrogen and oxygen atoms in total. The summed E-state index contributed by atoms with van der Waals surface area (Å²) in [5.41, 5.74) is 2.35. The molecule has 1 aromatic heterocycles. The summed E-state index contributed by atoms with van der Waals surface area (Å²) in [6.45, 7) is 6.41. The molecule has 0 aliphatic carbocycles. The molecule has 1 N–H and O–H groups in total. The summed E-state index contributed by atoms with van der Waals surface area (Å²) in [5, 5.41) is 5.04. The predicted octanol–water partition coefficient (Wildman–Crippen LogP) is 1.56. The smallest absolute Gasteiger partial charge is 0.282 e. The van der Waals surface area contributed by atoms with Gasteiger partial charge in [0.15, 0.2) is 5.01 Å². The van der Waals surface area contributed by atoms with Crippen LogP contribution in [-0.4, -0.2) is 83.2 Å². The zero-order chi connectivity index (χ0) is 21.1. The first kappa shape index (κ1) is 20.5. The third kappa shape index (κ3) is 4.08. The number of nitrogens with zero attached hydrogens (tertiary/aromatic N) is 4. The highest BCUT2D eigenvalue weighted by molar-refractivity contribution is 7.11. The number of amides is 3. The summed E-state index contributed by atoms with van der Waals surface area (Å²) in [7, 11) is 0. The van der Waals surface area contributed by atoms with Gasteiger partial charge in [0, 0.05) is 68.1 Å². The molecular weight excluding hydrogens is 402 g/mol. The minimum atomic E-state index is 0.00862. The largest absolute Gasteiger partial charge is 0.335 e. The zero-order valence-corrected chi connectivity index (χ0v) is 17.7. The van der Waals surface area contributed by atoms with E-state index in [1.807, 2.05) is 28.2 Å². The Hall–Kier alpha value is -2.78. The van der Waals surface area contributed by atoms with Gasteiger partial charge in [-0.3, -0.25) is 19.3 Å². The Labute approximate surface area is 179 Å². The van der Waals surface area contributed by atoms with Crippen molar-refractivity contribution in [1.29, 1.82) is 0 Å². The second-order valence-electron chi connectivity index (χ2n) is 7.52. The normalized spacial score (nSPS) is 17.5. The van der Waals surface area contributed by atoms with Gasteiger partial charge in [0.1, 0.15) is 0 Å². The van der Waals surface area contributed by atoms with E-state index in [9.17, 15) is 14.4 Å². The molecule has 30 heavy (non-hydrogen) atoms. The van der Waals surface area contributed by atoms with Crippen LogP contribution in [0.3, 0.4) is 0 Å². The summed E-state index contributed by atoms with van der Waals surface area (Å²) >= 11 is 1.37. The van der Waals surface area contributed by atoms with Crippen molar-refractivity contribution in [3.63, 3.8) is 0 Å². The topological polar surface area (TPSA) is 85.8 Å². The van der Waals surface area contributed by atoms with E-state index < -0.39 is 0 Å². The van der Waals surface area contributed by atoms with Crippen molar-refractivity contribution < 1.29 is 14.4 Å². The van der Waals surface area contributed by atoms with E-state index in [1.54, 1.807) is 18.3 Å². The molecule has 4 rings (SSSR count). The van der Waals surface area contributed by atoms with Crippen molar-refractivity contribution in [2.45, 2.75) is 19.4 Å². The predicted molar refractivity (Wildman–Crippen MR) is 115 cm³/mol. The van der Waals surface area contributed by atoms with Gasteiger partial charge in [0.25, 0.3) is 11.8 Å². The fourth-order valence-corrected chi connectivity index (χ4v) is 4.61. The van der Waals surface area contributed by atoms with Gasteiger partial charge in [-0.25, -0.2) is 4.98 Å². The van der Waals surface area contributed by atoms with Crippen LogP contribution < -0.4 is 5.32 Å². The molecule has 2 fully saturated rings. The van der Waals surface area contributed by atoms with Crippen molar-refractivity contribution in [2.24, 2.45) is 0 Å². The number of hydrogen-bond donors (Lipinski definition) is 1. The van der Waals surface area contributed by atoms with Gasteiger partial charge >= 0.3 is 0 Å². The Morgan fingerprint density at radius 1 is 1.17 bits per heavy atom. The van der Waals surface area contributed by atoms with Crippen LogP contribution in [0.25, 0.3) is 0 Å². The molecule has 158 valence electrons. The van der Waals surface area contributed by atoms with E-state index in [-0.39, 0.29) is 11.8 Å². The van der Waals surface area contributed by atoms with Gasteiger partial charge in [0.2, 0.25) is 6.41 Å². The molecular formula is C21H25N5O3S. The Morgan fingerprint density at radius 2 is 1.93 bits per heavy atom. The fourth-order valence-electron chi connectivity index (χ4n) is 4.01. The molecule has 0 saturated carbocycles. The number of anilines is 1. The van der Waals surface area contributed by atoms with Crippen molar-refractivity contribution in [3.8, 4) is 0 Å². The third-order valence-corrected chi connectivity index (χ3v) is 6.59. The van der Waals surface area contributed by atoms with Crippen LogP contribution in [-0.2, 0) is 11.2 Å². The van der Waals surface area contributed by atoms with E-state index >= 15 is 0 Å². The minimum Gasteiger partial charge on any atom is -0.335 e. The van der Waals surface area contributed by atoms with Crippen LogP contribution in [0.1, 0.15) is 32.6 Å². The number of carbonyl (C=O) groups is 3. The fraction of sp³-hybridized carbons (Fsp3) is 0.429. The van der Waals surface area contributed by atoms with Gasteiger partial charge < -0.3 is 15.1 Å². The molecule has 0 atom stereocenters. The van der Waals surface area contributed by atoms with Crippen molar-refractivity contribution in [2.75, 3.05) is 44.6 Å². The molecule has 2 aliphatic rings. The van der Waals surface area contributed by atoms with E-state index in [4.69, 9.17) is 0 Å². The van der Waals surface area contributed by atoms with Crippen molar-refractivity contribution >= 4 is 35.2 Å². The number of thiazole rings is 1. The lowest BCUT2D eigenvalue weighted by Crippen LogP contribution is -2.64. The lowest BCUT2D eigenvalue weighted by molar-refractivity contribution is -0.105. The highest BCUT2D eigenvalue weighted by atomic mass is 32.1. The molecule has 3 heterocycles. The van der Waals surface area contributed by atoms with E-state index in [0.29, 0.717) is 49.2 Å². The molecule has 2 aromatic rings. The van der Waals surface area contributed by atoms with E-state index in [2.05, 4.69) is 15.2 Å². The lowest BCUT2D eigenvalue weighted by Gasteiger charge is -2.48. The average molecular weight is 428 g/mol. The molecule has 0 bridgehead atoms. The SMILES string of the molecule is CCc1cc(C(=O)N2CC(N3CCN(C(=O)c4nccs4)CC3)C2)ccc1NC=O. The number of carbonyl (C=O) groups excluding carboxylic acids is 3. The Kier molecular flexibility index (Phi) is 6.10. The second kappa shape index (κ2) is 8.93. The number of aromatic nitrogens is 1. The molecule has 2 saturated heterocycles. The maximum Gasteiger partial charge on any atom is 0.282 e. The monoisotopic (exact) mass is 427 g/mol. The number of likely N-dealkylation sites (tertiary alicyclic amines) is 1. The number of aryl methyl sites for hydroxylation is 1. The molecule has 0 radical (unpaired) electrons. The van der Waals surface area contributed by atoms with Gasteiger partial charge in [-0.05, 0) is 30.2 Å². The highest BCUT2D eigenvalue weighted by Gasteiger charge is 2.37. The van der Waals surface area contributed by atoms with Gasteiger partial charge in [-0.1, -0.05) is 6.92 Å². The standard InChI is InChI=1S/C21H25N5O3S/c1-2-15-11-16(3-4-18(15)23-14-27)20(28)26-12-17(13-26)24-6-8-25(9-7-24)21(29)19-22-5-10-30-19/h3-5,10-11,14,17H,2,6-9,12-13H2,1H3,(H,23,27). The summed E-state index contributed by atoms with van der Waals surface area (Å²) in [5.74, 6) is 0.0329. The maximum absolute atomic E-state index is 12.8. The van der Waals surface area contributed by atoms with Crippen LogP contribution in [0, 0.1) is 0 Å². The minimum absolute atomic E-state index is 0.00862. The quantitative estimate of drug-likeness (QED) is 0.707. The molecule has 1 aromatic carbocycles. The molecule has 0 unspecified atom stereocenters. The average Bonchev–Trinajstić information content (AvgIpc) is 3.28. The number of piperazine rings is 1. The van der Waals surface area contributed by atoms with Crippen molar-refractivity contribution in [3.05, 3.63) is 45.9 Å². The Bertz CT molecular complexity index is 919. The molecule has 3 amide bonds. The first-order valence-electron chi connectivity index (χ1n) is 10.2. The lowest BCUT2D eigenvalue weighted by atomic mass is 10.0. The Morgan fingerprint density at radius 3 is 2.57 bits per heavy atom. The zero-order valence-electron chi connectivity index (χ0n) is 16.9. The first-order valence-corrected chi connectivity index (χ1v) is 11.0. The van der Waals surface area contributed by atoms with Crippen molar-refractivity contribution in [1.82, 2.24) is 19.7 Å². The summed E-state index contributed by atoms with van der Waals surface area (Å²) in [6.07, 6.45) is 3.05. The number of nitrogens with one attached hydrogen (secondary N) is 1. The number of benzene rings is 1. The van der Waals surface area contributed by atoms with E-state index in [0.717, 1.165) is 30.8 Å². The van der Waals surface area contributed by atoms with Crippen LogP contribution in [0.4, 0.5) is 5.69 Å². The van der Waals surface area contributed by atoms with Gasteiger partial charge in [0.05, 0.1) is 0 Å². The highest BCUT2D eigenvalue weighted by Crippen LogP contribution is 2.23. The summed E-state index contributed by atoms with van der Waals surface area (Å²) in [6, 6.07) is 5.76. The Balaban J connectivity index is 1.28. The van der Waals surface area contributed by atoms with Crippen LogP contribution in [0.2, 0.25) is 0 Å². The van der Waals surface area contributed by atoms with Gasteiger partial charge in [-0.2, -0.15) is 0 Å².